The van der Waals surface area contributed by atoms with Gasteiger partial charge < -0.3 is 10.2 Å². The molecule has 1 N–H and O–H groups in total. The van der Waals surface area contributed by atoms with Crippen LogP contribution >= 0.6 is 0 Å². The predicted molar refractivity (Wildman–Crippen MR) is 120 cm³/mol. The van der Waals surface area contributed by atoms with Crippen LogP contribution in [0.15, 0.2) is 72.8 Å². The van der Waals surface area contributed by atoms with E-state index < -0.39 is 0 Å². The number of carbonyl (C=O) groups excluding carboxylic acids is 2. The van der Waals surface area contributed by atoms with Crippen LogP contribution in [0.5, 0.6) is 0 Å². The number of ketones is 1. The van der Waals surface area contributed by atoms with Crippen molar-refractivity contribution in [1.82, 2.24) is 15.5 Å². The molecule has 6 nitrogen and oxygen atoms in total. The Morgan fingerprint density at radius 2 is 1.55 bits per heavy atom. The van der Waals surface area contributed by atoms with Crippen molar-refractivity contribution in [2.45, 2.75) is 19.3 Å². The molecule has 0 aliphatic carbocycles. The smallest absolute Gasteiger partial charge is 0.271 e. The van der Waals surface area contributed by atoms with Crippen LogP contribution in [-0.4, -0.2) is 41.5 Å². The quantitative estimate of drug-likeness (QED) is 0.599. The van der Waals surface area contributed by atoms with Gasteiger partial charge in [0.2, 0.25) is 0 Å². The Kier molecular flexibility index (Phi) is 6.67. The second kappa shape index (κ2) is 9.98. The van der Waals surface area contributed by atoms with Crippen LogP contribution < -0.4 is 10.2 Å². The van der Waals surface area contributed by atoms with Crippen molar-refractivity contribution in [3.05, 3.63) is 89.6 Å². The maximum absolute atomic E-state index is 12.6. The lowest BCUT2D eigenvalue weighted by atomic mass is 9.89. The Labute approximate surface area is 182 Å². The molecule has 0 atom stereocenters. The third-order valence-corrected chi connectivity index (χ3v) is 5.67. The van der Waals surface area contributed by atoms with Crippen molar-refractivity contribution < 1.29 is 9.59 Å². The second-order valence-electron chi connectivity index (χ2n) is 7.76. The zero-order valence-electron chi connectivity index (χ0n) is 17.4. The summed E-state index contributed by atoms with van der Waals surface area (Å²) in [4.78, 5) is 27.1. The Morgan fingerprint density at radius 1 is 0.871 bits per heavy atom. The summed E-state index contributed by atoms with van der Waals surface area (Å²) in [6, 6.07) is 23.1. The van der Waals surface area contributed by atoms with E-state index in [2.05, 4.69) is 20.4 Å². The molecule has 0 unspecified atom stereocenters. The monoisotopic (exact) mass is 414 g/mol. The third-order valence-electron chi connectivity index (χ3n) is 5.67. The Bertz CT molecular complexity index is 999. The van der Waals surface area contributed by atoms with E-state index in [0.29, 0.717) is 12.2 Å². The Balaban J connectivity index is 1.26. The van der Waals surface area contributed by atoms with Crippen LogP contribution in [-0.2, 0) is 6.42 Å². The molecule has 1 aliphatic heterocycles. The molecule has 3 aromatic rings. The highest BCUT2D eigenvalue weighted by molar-refractivity contribution is 5.98. The molecule has 1 amide bonds. The van der Waals surface area contributed by atoms with Gasteiger partial charge in [0, 0.05) is 31.1 Å². The van der Waals surface area contributed by atoms with Crippen molar-refractivity contribution in [2.75, 3.05) is 24.5 Å². The number of hydrogen-bond donors (Lipinski definition) is 1. The second-order valence-corrected chi connectivity index (χ2v) is 7.76. The SMILES string of the molecule is O=C(NCCc1ccccc1)c1ccc(N2CCC(C(=O)c3ccccc3)CC2)nn1. The summed E-state index contributed by atoms with van der Waals surface area (Å²) in [5, 5.41) is 11.2. The number of nitrogens with one attached hydrogen (secondary N) is 1. The van der Waals surface area contributed by atoms with Gasteiger partial charge in [-0.1, -0.05) is 60.7 Å². The number of aromatic nitrogens is 2. The molecule has 1 fully saturated rings. The number of carbonyl (C=O) groups is 2. The van der Waals surface area contributed by atoms with Crippen molar-refractivity contribution in [1.29, 1.82) is 0 Å². The highest BCUT2D eigenvalue weighted by atomic mass is 16.2. The first-order valence-corrected chi connectivity index (χ1v) is 10.7. The molecule has 1 aliphatic rings. The van der Waals surface area contributed by atoms with E-state index in [1.807, 2.05) is 66.7 Å². The van der Waals surface area contributed by atoms with Crippen LogP contribution in [0.2, 0.25) is 0 Å². The molecule has 2 heterocycles. The van der Waals surface area contributed by atoms with Gasteiger partial charge in [-0.15, -0.1) is 10.2 Å². The van der Waals surface area contributed by atoms with E-state index in [0.717, 1.165) is 43.7 Å². The average molecular weight is 415 g/mol. The topological polar surface area (TPSA) is 75.2 Å². The maximum Gasteiger partial charge on any atom is 0.271 e. The molecule has 0 spiro atoms. The standard InChI is InChI=1S/C25H26N4O2/c30-24(20-9-5-2-6-10-20)21-14-17-29(18-15-21)23-12-11-22(27-28-23)25(31)26-16-13-19-7-3-1-4-8-19/h1-12,21H,13-18H2,(H,26,31). The van der Waals surface area contributed by atoms with E-state index in [1.165, 1.54) is 5.56 Å². The minimum Gasteiger partial charge on any atom is -0.355 e. The van der Waals surface area contributed by atoms with E-state index >= 15 is 0 Å². The third kappa shape index (κ3) is 5.34. The molecule has 1 aromatic heterocycles. The molecular formula is C25H26N4O2. The zero-order chi connectivity index (χ0) is 21.5. The molecule has 6 heteroatoms. The number of amides is 1. The predicted octanol–water partition coefficient (Wildman–Crippen LogP) is 3.55. The van der Waals surface area contributed by atoms with Gasteiger partial charge in [-0.05, 0) is 37.0 Å². The van der Waals surface area contributed by atoms with E-state index in [1.54, 1.807) is 6.07 Å². The molecule has 2 aromatic carbocycles. The summed E-state index contributed by atoms with van der Waals surface area (Å²) in [5.41, 5.74) is 2.27. The molecule has 31 heavy (non-hydrogen) atoms. The fourth-order valence-electron chi connectivity index (χ4n) is 3.88. The maximum atomic E-state index is 12.6. The van der Waals surface area contributed by atoms with Gasteiger partial charge in [0.15, 0.2) is 17.3 Å². The van der Waals surface area contributed by atoms with Crippen LogP contribution in [0.1, 0.15) is 39.3 Å². The normalized spacial score (nSPS) is 14.3. The van der Waals surface area contributed by atoms with Gasteiger partial charge >= 0.3 is 0 Å². The number of benzene rings is 2. The Hall–Kier alpha value is -3.54. The minimum atomic E-state index is -0.220. The molecule has 0 radical (unpaired) electrons. The van der Waals surface area contributed by atoms with Crippen LogP contribution in [0, 0.1) is 5.92 Å². The first-order chi connectivity index (χ1) is 15.2. The van der Waals surface area contributed by atoms with Gasteiger partial charge in [0.1, 0.15) is 0 Å². The summed E-state index contributed by atoms with van der Waals surface area (Å²) in [7, 11) is 0. The Morgan fingerprint density at radius 3 is 2.19 bits per heavy atom. The molecule has 1 saturated heterocycles. The van der Waals surface area contributed by atoms with Gasteiger partial charge in [0.05, 0.1) is 0 Å². The zero-order valence-corrected chi connectivity index (χ0v) is 17.4. The fraction of sp³-hybridized carbons (Fsp3) is 0.280. The molecule has 158 valence electrons. The van der Waals surface area contributed by atoms with Crippen molar-refractivity contribution in [3.8, 4) is 0 Å². The van der Waals surface area contributed by atoms with Gasteiger partial charge in [-0.25, -0.2) is 0 Å². The largest absolute Gasteiger partial charge is 0.355 e. The lowest BCUT2D eigenvalue weighted by molar-refractivity contribution is 0.0899. The van der Waals surface area contributed by atoms with Crippen molar-refractivity contribution >= 4 is 17.5 Å². The highest BCUT2D eigenvalue weighted by Crippen LogP contribution is 2.24. The average Bonchev–Trinajstić information content (AvgIpc) is 2.85. The summed E-state index contributed by atoms with van der Waals surface area (Å²) < 4.78 is 0. The van der Waals surface area contributed by atoms with E-state index in [4.69, 9.17) is 0 Å². The number of hydrogen-bond acceptors (Lipinski definition) is 5. The first-order valence-electron chi connectivity index (χ1n) is 10.7. The van der Waals surface area contributed by atoms with Gasteiger partial charge in [-0.3, -0.25) is 9.59 Å². The molecule has 4 rings (SSSR count). The number of Topliss-reactive ketones (excluding diaryl/α,β-unsaturated/α-hetero) is 1. The highest BCUT2D eigenvalue weighted by Gasteiger charge is 2.26. The number of piperidine rings is 1. The van der Waals surface area contributed by atoms with Crippen LogP contribution in [0.4, 0.5) is 5.82 Å². The molecular weight excluding hydrogens is 388 g/mol. The fourth-order valence-corrected chi connectivity index (χ4v) is 3.88. The van der Waals surface area contributed by atoms with Gasteiger partial charge in [-0.2, -0.15) is 0 Å². The van der Waals surface area contributed by atoms with Gasteiger partial charge in [0.25, 0.3) is 5.91 Å². The first kappa shape index (κ1) is 20.7. The van der Waals surface area contributed by atoms with Crippen LogP contribution in [0.3, 0.4) is 0 Å². The molecule has 0 bridgehead atoms. The summed E-state index contributed by atoms with van der Waals surface area (Å²) in [6.07, 6.45) is 2.35. The van der Waals surface area contributed by atoms with E-state index in [9.17, 15) is 9.59 Å². The van der Waals surface area contributed by atoms with Crippen molar-refractivity contribution in [3.63, 3.8) is 0 Å². The molecule has 0 saturated carbocycles. The number of nitrogens with zero attached hydrogens (tertiary/aromatic N) is 3. The summed E-state index contributed by atoms with van der Waals surface area (Å²) in [6.45, 7) is 2.05. The summed E-state index contributed by atoms with van der Waals surface area (Å²) >= 11 is 0. The van der Waals surface area contributed by atoms with E-state index in [-0.39, 0.29) is 17.6 Å². The number of anilines is 1. The summed E-state index contributed by atoms with van der Waals surface area (Å²) in [5.74, 6) is 0.781. The number of rotatable bonds is 7. The lowest BCUT2D eigenvalue weighted by Gasteiger charge is -2.31. The van der Waals surface area contributed by atoms with Crippen LogP contribution in [0.25, 0.3) is 0 Å². The minimum absolute atomic E-state index is 0.0428. The lowest BCUT2D eigenvalue weighted by Crippen LogP contribution is -2.37. The van der Waals surface area contributed by atoms with Crippen molar-refractivity contribution in [2.24, 2.45) is 5.92 Å².